The monoisotopic (exact) mass is 323 g/mol. The minimum absolute atomic E-state index is 0.0665. The molecule has 7 heteroatoms. The SMILES string of the molecule is CC1(NC(=O)C2Cc3ccccc3C(=O)O2)CCS(=O)(=O)C1. The van der Waals surface area contributed by atoms with Crippen molar-refractivity contribution in [2.75, 3.05) is 11.5 Å². The first-order valence-electron chi connectivity index (χ1n) is 7.09. The number of carbonyl (C=O) groups is 2. The average molecular weight is 323 g/mol. The smallest absolute Gasteiger partial charge is 0.339 e. The van der Waals surface area contributed by atoms with E-state index in [0.717, 1.165) is 5.56 Å². The van der Waals surface area contributed by atoms with Gasteiger partial charge >= 0.3 is 5.97 Å². The summed E-state index contributed by atoms with van der Waals surface area (Å²) in [5.74, 6) is -0.978. The van der Waals surface area contributed by atoms with Crippen molar-refractivity contribution in [3.05, 3.63) is 35.4 Å². The number of hydrogen-bond donors (Lipinski definition) is 1. The molecule has 22 heavy (non-hydrogen) atoms. The van der Waals surface area contributed by atoms with Crippen LogP contribution >= 0.6 is 0 Å². The van der Waals surface area contributed by atoms with Crippen molar-refractivity contribution in [2.45, 2.75) is 31.4 Å². The molecular weight excluding hydrogens is 306 g/mol. The van der Waals surface area contributed by atoms with Gasteiger partial charge in [0.15, 0.2) is 15.9 Å². The molecular formula is C15H17NO5S. The van der Waals surface area contributed by atoms with E-state index >= 15 is 0 Å². The van der Waals surface area contributed by atoms with Crippen molar-refractivity contribution in [3.63, 3.8) is 0 Å². The maximum Gasteiger partial charge on any atom is 0.339 e. The van der Waals surface area contributed by atoms with E-state index in [-0.39, 0.29) is 11.5 Å². The molecule has 1 fully saturated rings. The van der Waals surface area contributed by atoms with E-state index in [2.05, 4.69) is 5.32 Å². The summed E-state index contributed by atoms with van der Waals surface area (Å²) in [6.07, 6.45) is -0.239. The van der Waals surface area contributed by atoms with Gasteiger partial charge in [-0.2, -0.15) is 0 Å². The third-order valence-corrected chi connectivity index (χ3v) is 6.02. The molecule has 0 bridgehead atoms. The quantitative estimate of drug-likeness (QED) is 0.799. The lowest BCUT2D eigenvalue weighted by atomic mass is 9.96. The molecule has 118 valence electrons. The van der Waals surface area contributed by atoms with E-state index in [1.807, 2.05) is 0 Å². The fourth-order valence-corrected chi connectivity index (χ4v) is 5.06. The third kappa shape index (κ3) is 2.85. The van der Waals surface area contributed by atoms with Crippen LogP contribution in [0, 0.1) is 0 Å². The summed E-state index contributed by atoms with van der Waals surface area (Å²) in [5, 5.41) is 2.74. The number of benzene rings is 1. The lowest BCUT2D eigenvalue weighted by molar-refractivity contribution is -0.131. The molecule has 0 spiro atoms. The zero-order valence-electron chi connectivity index (χ0n) is 12.2. The summed E-state index contributed by atoms with van der Waals surface area (Å²) in [7, 11) is -3.11. The summed E-state index contributed by atoms with van der Waals surface area (Å²) in [5.41, 5.74) is 0.448. The van der Waals surface area contributed by atoms with Gasteiger partial charge in [-0.05, 0) is 25.0 Å². The highest BCUT2D eigenvalue weighted by Gasteiger charge is 2.41. The maximum absolute atomic E-state index is 12.3. The molecule has 1 amide bonds. The van der Waals surface area contributed by atoms with Crippen LogP contribution in [0.4, 0.5) is 0 Å². The van der Waals surface area contributed by atoms with Gasteiger partial charge in [-0.25, -0.2) is 13.2 Å². The van der Waals surface area contributed by atoms with Gasteiger partial charge in [0, 0.05) is 6.42 Å². The summed E-state index contributed by atoms with van der Waals surface area (Å²) in [6, 6.07) is 7.00. The highest BCUT2D eigenvalue weighted by atomic mass is 32.2. The highest BCUT2D eigenvalue weighted by Crippen LogP contribution is 2.25. The number of amides is 1. The van der Waals surface area contributed by atoms with Crippen LogP contribution in [0.5, 0.6) is 0 Å². The van der Waals surface area contributed by atoms with Crippen molar-refractivity contribution in [3.8, 4) is 0 Å². The number of nitrogens with one attached hydrogen (secondary N) is 1. The second-order valence-electron chi connectivity index (χ2n) is 6.15. The van der Waals surface area contributed by atoms with Gasteiger partial charge in [0.25, 0.3) is 5.91 Å². The number of cyclic esters (lactones) is 1. The van der Waals surface area contributed by atoms with E-state index < -0.39 is 33.4 Å². The number of rotatable bonds is 2. The Morgan fingerprint density at radius 3 is 2.77 bits per heavy atom. The predicted molar refractivity (Wildman–Crippen MR) is 79.2 cm³/mol. The average Bonchev–Trinajstić information content (AvgIpc) is 2.72. The van der Waals surface area contributed by atoms with E-state index in [1.54, 1.807) is 31.2 Å². The largest absolute Gasteiger partial charge is 0.448 e. The Morgan fingerprint density at radius 2 is 2.09 bits per heavy atom. The van der Waals surface area contributed by atoms with Gasteiger partial charge in [0.05, 0.1) is 22.6 Å². The second-order valence-corrected chi connectivity index (χ2v) is 8.33. The number of ether oxygens (including phenoxy) is 1. The van der Waals surface area contributed by atoms with Crippen molar-refractivity contribution in [2.24, 2.45) is 0 Å². The van der Waals surface area contributed by atoms with Crippen molar-refractivity contribution in [1.82, 2.24) is 5.32 Å². The topological polar surface area (TPSA) is 89.5 Å². The van der Waals surface area contributed by atoms with Crippen LogP contribution in [-0.2, 0) is 25.8 Å². The lowest BCUT2D eigenvalue weighted by Crippen LogP contribution is -2.52. The number of hydrogen-bond acceptors (Lipinski definition) is 5. The Bertz CT molecular complexity index is 742. The number of esters is 1. The van der Waals surface area contributed by atoms with Gasteiger partial charge in [0.1, 0.15) is 0 Å². The maximum atomic E-state index is 12.3. The molecule has 0 aliphatic carbocycles. The van der Waals surface area contributed by atoms with E-state index in [1.165, 1.54) is 0 Å². The van der Waals surface area contributed by atoms with Crippen LogP contribution in [0.2, 0.25) is 0 Å². The molecule has 1 aromatic rings. The first-order valence-corrected chi connectivity index (χ1v) is 8.92. The molecule has 2 heterocycles. The first-order chi connectivity index (χ1) is 10.3. The summed E-state index contributed by atoms with van der Waals surface area (Å²) in [4.78, 5) is 24.3. The van der Waals surface area contributed by atoms with Gasteiger partial charge in [-0.3, -0.25) is 4.79 Å². The van der Waals surface area contributed by atoms with Gasteiger partial charge in [0.2, 0.25) is 0 Å². The molecule has 3 rings (SSSR count). The standard InChI is InChI=1S/C15H17NO5S/c1-15(6-7-22(19,20)9-15)16-13(17)12-8-10-4-2-3-5-11(10)14(18)21-12/h2-5,12H,6-9H2,1H3,(H,16,17). The molecule has 2 unspecified atom stereocenters. The number of fused-ring (bicyclic) bond motifs is 1. The first kappa shape index (κ1) is 15.0. The van der Waals surface area contributed by atoms with Gasteiger partial charge in [-0.15, -0.1) is 0 Å². The Hall–Kier alpha value is -1.89. The second kappa shape index (κ2) is 5.08. The van der Waals surface area contributed by atoms with Gasteiger partial charge in [-0.1, -0.05) is 18.2 Å². The normalized spacial score (nSPS) is 29.5. The minimum atomic E-state index is -3.11. The Morgan fingerprint density at radius 1 is 1.36 bits per heavy atom. The molecule has 1 aromatic carbocycles. The molecule has 2 aliphatic heterocycles. The molecule has 0 saturated carbocycles. The Labute approximate surface area is 128 Å². The van der Waals surface area contributed by atoms with Crippen LogP contribution < -0.4 is 5.32 Å². The van der Waals surface area contributed by atoms with Crippen LogP contribution in [-0.4, -0.2) is 43.4 Å². The number of sulfone groups is 1. The molecule has 0 radical (unpaired) electrons. The Kier molecular flexibility index (Phi) is 3.47. The minimum Gasteiger partial charge on any atom is -0.448 e. The summed E-state index contributed by atoms with van der Waals surface area (Å²) < 4.78 is 28.3. The van der Waals surface area contributed by atoms with Crippen LogP contribution in [0.3, 0.4) is 0 Å². The summed E-state index contributed by atoms with van der Waals surface area (Å²) >= 11 is 0. The van der Waals surface area contributed by atoms with Crippen LogP contribution in [0.15, 0.2) is 24.3 Å². The molecule has 1 N–H and O–H groups in total. The van der Waals surface area contributed by atoms with E-state index in [4.69, 9.17) is 4.74 Å². The number of carbonyl (C=O) groups excluding carboxylic acids is 2. The molecule has 2 aliphatic rings. The zero-order chi connectivity index (χ0) is 16.0. The third-order valence-electron chi connectivity index (χ3n) is 4.11. The van der Waals surface area contributed by atoms with Crippen molar-refractivity contribution in [1.29, 1.82) is 0 Å². The van der Waals surface area contributed by atoms with Crippen molar-refractivity contribution < 1.29 is 22.7 Å². The highest BCUT2D eigenvalue weighted by molar-refractivity contribution is 7.91. The Balaban J connectivity index is 1.74. The molecule has 2 atom stereocenters. The molecule has 0 aromatic heterocycles. The lowest BCUT2D eigenvalue weighted by Gasteiger charge is -2.29. The van der Waals surface area contributed by atoms with Crippen LogP contribution in [0.25, 0.3) is 0 Å². The molecule has 6 nitrogen and oxygen atoms in total. The fourth-order valence-electron chi connectivity index (χ4n) is 2.96. The van der Waals surface area contributed by atoms with E-state index in [9.17, 15) is 18.0 Å². The van der Waals surface area contributed by atoms with Gasteiger partial charge < -0.3 is 10.1 Å². The predicted octanol–water partition coefficient (Wildman–Crippen LogP) is 0.462. The molecule has 1 saturated heterocycles. The fraction of sp³-hybridized carbons (Fsp3) is 0.467. The van der Waals surface area contributed by atoms with Crippen molar-refractivity contribution >= 4 is 21.7 Å². The summed E-state index contributed by atoms with van der Waals surface area (Å²) in [6.45, 7) is 1.70. The van der Waals surface area contributed by atoms with E-state index in [0.29, 0.717) is 18.4 Å². The zero-order valence-corrected chi connectivity index (χ0v) is 13.0. The van der Waals surface area contributed by atoms with Crippen LogP contribution in [0.1, 0.15) is 29.3 Å².